The molecule has 0 saturated carbocycles. The Balaban J connectivity index is 2.23. The summed E-state index contributed by atoms with van der Waals surface area (Å²) in [4.78, 5) is 4.08. The Bertz CT molecular complexity index is 607. The molecule has 0 unspecified atom stereocenters. The second-order valence-electron chi connectivity index (χ2n) is 4.66. The van der Waals surface area contributed by atoms with Crippen LogP contribution in [0.1, 0.15) is 31.0 Å². The minimum atomic E-state index is -0.0286. The van der Waals surface area contributed by atoms with Gasteiger partial charge in [0, 0.05) is 0 Å². The average molecular weight is 271 g/mol. The quantitative estimate of drug-likeness (QED) is 0.387. The summed E-state index contributed by atoms with van der Waals surface area (Å²) in [7, 11) is 0. The largest absolute Gasteiger partial charge is 0.455 e. The highest BCUT2D eigenvalue weighted by molar-refractivity contribution is 5.95. The van der Waals surface area contributed by atoms with Gasteiger partial charge in [-0.25, -0.2) is 4.98 Å². The van der Waals surface area contributed by atoms with Crippen LogP contribution in [0.4, 0.5) is 0 Å². The molecule has 20 heavy (non-hydrogen) atoms. The van der Waals surface area contributed by atoms with E-state index in [2.05, 4.69) is 24.0 Å². The molecule has 0 atom stereocenters. The van der Waals surface area contributed by atoms with Gasteiger partial charge in [0.15, 0.2) is 5.84 Å². The molecular weight excluding hydrogens is 254 g/mol. The van der Waals surface area contributed by atoms with E-state index in [9.17, 15) is 0 Å². The first-order chi connectivity index (χ1) is 9.61. The third-order valence-electron chi connectivity index (χ3n) is 2.88. The van der Waals surface area contributed by atoms with Crippen molar-refractivity contribution in [2.45, 2.75) is 19.8 Å². The zero-order valence-electron chi connectivity index (χ0n) is 11.4. The van der Waals surface area contributed by atoms with Gasteiger partial charge in [0.25, 0.3) is 0 Å². The Labute approximate surface area is 117 Å². The molecule has 0 radical (unpaired) electrons. The lowest BCUT2D eigenvalue weighted by Crippen LogP contribution is -2.14. The van der Waals surface area contributed by atoms with Gasteiger partial charge in [-0.2, -0.15) is 0 Å². The molecule has 1 aromatic heterocycles. The van der Waals surface area contributed by atoms with Gasteiger partial charge in [-0.3, -0.25) is 0 Å². The van der Waals surface area contributed by atoms with E-state index in [4.69, 9.17) is 15.7 Å². The highest BCUT2D eigenvalue weighted by Crippen LogP contribution is 2.29. The summed E-state index contributed by atoms with van der Waals surface area (Å²) in [5.74, 6) is 1.75. The van der Waals surface area contributed by atoms with E-state index < -0.39 is 0 Å². The first-order valence-electron chi connectivity index (χ1n) is 6.32. The van der Waals surface area contributed by atoms with E-state index in [1.165, 1.54) is 0 Å². The number of para-hydroxylation sites is 1. The maximum absolute atomic E-state index is 8.58. The number of hydrogen-bond donors (Lipinski definition) is 2. The Morgan fingerprint density at radius 3 is 2.60 bits per heavy atom. The van der Waals surface area contributed by atoms with Crippen molar-refractivity contribution in [2.75, 3.05) is 0 Å². The van der Waals surface area contributed by atoms with Crippen molar-refractivity contribution < 1.29 is 9.94 Å². The topological polar surface area (TPSA) is 80.7 Å². The number of benzene rings is 1. The number of hydrogen-bond acceptors (Lipinski definition) is 4. The molecule has 0 fully saturated rings. The van der Waals surface area contributed by atoms with Crippen molar-refractivity contribution >= 4 is 5.84 Å². The Morgan fingerprint density at radius 2 is 2.00 bits per heavy atom. The number of oxime groups is 1. The van der Waals surface area contributed by atoms with Gasteiger partial charge < -0.3 is 15.7 Å². The van der Waals surface area contributed by atoms with Crippen molar-refractivity contribution in [3.63, 3.8) is 0 Å². The second-order valence-corrected chi connectivity index (χ2v) is 4.66. The molecule has 2 aromatic rings. The van der Waals surface area contributed by atoms with Gasteiger partial charge >= 0.3 is 0 Å². The fourth-order valence-electron chi connectivity index (χ4n) is 1.82. The number of nitrogens with zero attached hydrogens (tertiary/aromatic N) is 2. The maximum Gasteiger partial charge on any atom is 0.188 e. The molecule has 0 aliphatic heterocycles. The summed E-state index contributed by atoms with van der Waals surface area (Å²) in [6.07, 6.45) is 1.55. The van der Waals surface area contributed by atoms with Gasteiger partial charge in [-0.1, -0.05) is 37.2 Å². The third kappa shape index (κ3) is 3.06. The van der Waals surface area contributed by atoms with Crippen LogP contribution in [-0.4, -0.2) is 16.0 Å². The van der Waals surface area contributed by atoms with Crippen LogP contribution < -0.4 is 10.5 Å². The predicted octanol–water partition coefficient (Wildman–Crippen LogP) is 3.09. The lowest BCUT2D eigenvalue weighted by atomic mass is 10.0. The molecule has 0 amide bonds. The standard InChI is InChI=1S/C15H17N3O2/c1-10(2)12-5-3-4-6-14(12)20-11-7-8-13(17-9-11)15(16)18-19/h3-10,19H,1-2H3,(H2,16,18). The van der Waals surface area contributed by atoms with Crippen LogP contribution in [0.3, 0.4) is 0 Å². The number of pyridine rings is 1. The minimum Gasteiger partial charge on any atom is -0.455 e. The van der Waals surface area contributed by atoms with Crippen LogP contribution in [0.15, 0.2) is 47.8 Å². The van der Waals surface area contributed by atoms with Crippen LogP contribution in [0, 0.1) is 0 Å². The van der Waals surface area contributed by atoms with Crippen molar-refractivity contribution in [2.24, 2.45) is 10.9 Å². The highest BCUT2D eigenvalue weighted by atomic mass is 16.5. The monoisotopic (exact) mass is 271 g/mol. The third-order valence-corrected chi connectivity index (χ3v) is 2.88. The molecule has 1 aromatic carbocycles. The summed E-state index contributed by atoms with van der Waals surface area (Å²) in [5, 5.41) is 11.5. The zero-order valence-corrected chi connectivity index (χ0v) is 11.4. The van der Waals surface area contributed by atoms with Crippen molar-refractivity contribution in [3.05, 3.63) is 53.9 Å². The smallest absolute Gasteiger partial charge is 0.188 e. The van der Waals surface area contributed by atoms with Crippen LogP contribution in [0.25, 0.3) is 0 Å². The molecule has 0 aliphatic rings. The molecule has 104 valence electrons. The SMILES string of the molecule is CC(C)c1ccccc1Oc1ccc(/C(N)=N/O)nc1. The molecule has 0 bridgehead atoms. The van der Waals surface area contributed by atoms with Crippen molar-refractivity contribution in [3.8, 4) is 11.5 Å². The average Bonchev–Trinajstić information content (AvgIpc) is 2.47. The van der Waals surface area contributed by atoms with Crippen molar-refractivity contribution in [1.82, 2.24) is 4.98 Å². The Morgan fingerprint density at radius 1 is 1.25 bits per heavy atom. The number of nitrogens with two attached hydrogens (primary N) is 1. The van der Waals surface area contributed by atoms with E-state index >= 15 is 0 Å². The van der Waals surface area contributed by atoms with E-state index in [0.717, 1.165) is 11.3 Å². The summed E-state index contributed by atoms with van der Waals surface area (Å²) >= 11 is 0. The molecule has 0 aliphatic carbocycles. The highest BCUT2D eigenvalue weighted by Gasteiger charge is 2.08. The number of ether oxygens (including phenoxy) is 1. The van der Waals surface area contributed by atoms with E-state index in [-0.39, 0.29) is 5.84 Å². The first-order valence-corrected chi connectivity index (χ1v) is 6.32. The van der Waals surface area contributed by atoms with Crippen LogP contribution in [0.2, 0.25) is 0 Å². The van der Waals surface area contributed by atoms with Gasteiger partial charge in [0.1, 0.15) is 17.2 Å². The molecule has 5 heteroatoms. The summed E-state index contributed by atoms with van der Waals surface area (Å²) in [6, 6.07) is 11.3. The van der Waals surface area contributed by atoms with Crippen LogP contribution >= 0.6 is 0 Å². The normalized spacial score (nSPS) is 11.7. The number of rotatable bonds is 4. The minimum absolute atomic E-state index is 0.0286. The molecular formula is C15H17N3O2. The Kier molecular flexibility index (Phi) is 4.20. The van der Waals surface area contributed by atoms with Crippen LogP contribution in [0.5, 0.6) is 11.5 Å². The fourth-order valence-corrected chi connectivity index (χ4v) is 1.82. The van der Waals surface area contributed by atoms with E-state index in [1.54, 1.807) is 18.3 Å². The summed E-state index contributed by atoms with van der Waals surface area (Å²) < 4.78 is 5.83. The lowest BCUT2D eigenvalue weighted by Gasteiger charge is -2.13. The molecule has 3 N–H and O–H groups in total. The molecule has 0 spiro atoms. The molecule has 1 heterocycles. The molecule has 0 saturated heterocycles. The second kappa shape index (κ2) is 6.06. The van der Waals surface area contributed by atoms with Crippen LogP contribution in [-0.2, 0) is 0 Å². The summed E-state index contributed by atoms with van der Waals surface area (Å²) in [6.45, 7) is 4.23. The fraction of sp³-hybridized carbons (Fsp3) is 0.200. The number of amidine groups is 1. The van der Waals surface area contributed by atoms with Gasteiger partial charge in [-0.05, 0) is 29.7 Å². The molecule has 5 nitrogen and oxygen atoms in total. The predicted molar refractivity (Wildman–Crippen MR) is 77.4 cm³/mol. The van der Waals surface area contributed by atoms with E-state index in [0.29, 0.717) is 17.4 Å². The zero-order chi connectivity index (χ0) is 14.5. The Hall–Kier alpha value is -2.56. The summed E-state index contributed by atoms with van der Waals surface area (Å²) in [5.41, 5.74) is 6.99. The lowest BCUT2D eigenvalue weighted by molar-refractivity contribution is 0.318. The maximum atomic E-state index is 8.58. The number of aromatic nitrogens is 1. The molecule has 2 rings (SSSR count). The van der Waals surface area contributed by atoms with Crippen molar-refractivity contribution in [1.29, 1.82) is 0 Å². The van der Waals surface area contributed by atoms with Gasteiger partial charge in [-0.15, -0.1) is 0 Å². The van der Waals surface area contributed by atoms with Gasteiger partial charge in [0.05, 0.1) is 6.20 Å². The van der Waals surface area contributed by atoms with Gasteiger partial charge in [0.2, 0.25) is 0 Å². The van der Waals surface area contributed by atoms with E-state index in [1.807, 2.05) is 24.3 Å². The first kappa shape index (κ1) is 13.9.